The predicted octanol–water partition coefficient (Wildman–Crippen LogP) is 5.99. The SMILES string of the molecule is CCCCCCOc1cccc(C(c2ccc(N)cc2)c2ccc(N)cc2)c1. The average molecular weight is 375 g/mol. The molecule has 28 heavy (non-hydrogen) atoms. The zero-order chi connectivity index (χ0) is 19.8. The Labute approximate surface area is 168 Å². The van der Waals surface area contributed by atoms with Crippen molar-refractivity contribution in [1.82, 2.24) is 0 Å². The Kier molecular flexibility index (Phi) is 6.96. The molecule has 0 aliphatic heterocycles. The van der Waals surface area contributed by atoms with E-state index in [1.165, 1.54) is 36.0 Å². The number of hydrogen-bond donors (Lipinski definition) is 2. The van der Waals surface area contributed by atoms with E-state index in [4.69, 9.17) is 16.2 Å². The van der Waals surface area contributed by atoms with Crippen molar-refractivity contribution in [3.05, 3.63) is 89.5 Å². The van der Waals surface area contributed by atoms with E-state index in [0.717, 1.165) is 30.2 Å². The molecule has 0 saturated heterocycles. The molecule has 0 aliphatic rings. The molecule has 0 unspecified atom stereocenters. The van der Waals surface area contributed by atoms with Gasteiger partial charge >= 0.3 is 0 Å². The van der Waals surface area contributed by atoms with E-state index in [9.17, 15) is 0 Å². The molecule has 0 aliphatic carbocycles. The maximum Gasteiger partial charge on any atom is 0.119 e. The zero-order valence-corrected chi connectivity index (χ0v) is 16.6. The first-order chi connectivity index (χ1) is 13.7. The monoisotopic (exact) mass is 374 g/mol. The fourth-order valence-corrected chi connectivity index (χ4v) is 3.46. The molecule has 3 aromatic rings. The average Bonchev–Trinajstić information content (AvgIpc) is 2.71. The predicted molar refractivity (Wildman–Crippen MR) is 119 cm³/mol. The van der Waals surface area contributed by atoms with E-state index in [1.54, 1.807) is 0 Å². The van der Waals surface area contributed by atoms with Crippen LogP contribution < -0.4 is 16.2 Å². The number of rotatable bonds is 9. The summed E-state index contributed by atoms with van der Waals surface area (Å²) in [6, 6.07) is 24.6. The maximum absolute atomic E-state index is 6.01. The van der Waals surface area contributed by atoms with E-state index in [1.807, 2.05) is 30.3 Å². The van der Waals surface area contributed by atoms with Crippen LogP contribution in [-0.2, 0) is 0 Å². The largest absolute Gasteiger partial charge is 0.494 e. The molecule has 3 nitrogen and oxygen atoms in total. The summed E-state index contributed by atoms with van der Waals surface area (Å²) in [4.78, 5) is 0. The van der Waals surface area contributed by atoms with Gasteiger partial charge in [-0.15, -0.1) is 0 Å². The Morgan fingerprint density at radius 2 is 1.32 bits per heavy atom. The standard InChI is InChI=1S/C25H30N2O/c1-2-3-4-5-17-28-24-8-6-7-21(18-24)25(19-9-13-22(26)14-10-19)20-11-15-23(27)16-12-20/h6-16,18,25H,2-5,17,26-27H2,1H3. The highest BCUT2D eigenvalue weighted by atomic mass is 16.5. The van der Waals surface area contributed by atoms with Crippen molar-refractivity contribution in [2.24, 2.45) is 0 Å². The number of ether oxygens (including phenoxy) is 1. The molecule has 0 atom stereocenters. The first-order valence-electron chi connectivity index (χ1n) is 10.1. The van der Waals surface area contributed by atoms with Crippen molar-refractivity contribution in [2.75, 3.05) is 18.1 Å². The third-order valence-electron chi connectivity index (χ3n) is 5.00. The van der Waals surface area contributed by atoms with Crippen LogP contribution in [0.25, 0.3) is 0 Å². The van der Waals surface area contributed by atoms with Crippen molar-refractivity contribution in [2.45, 2.75) is 38.5 Å². The lowest BCUT2D eigenvalue weighted by Crippen LogP contribution is -2.05. The summed E-state index contributed by atoms with van der Waals surface area (Å²) >= 11 is 0. The number of nitrogens with two attached hydrogens (primary N) is 2. The second-order valence-corrected chi connectivity index (χ2v) is 7.25. The number of benzene rings is 3. The molecule has 3 heteroatoms. The van der Waals surface area contributed by atoms with Crippen molar-refractivity contribution in [3.63, 3.8) is 0 Å². The summed E-state index contributed by atoms with van der Waals surface area (Å²) in [5.41, 5.74) is 16.9. The fourth-order valence-electron chi connectivity index (χ4n) is 3.46. The van der Waals surface area contributed by atoms with Gasteiger partial charge in [0.25, 0.3) is 0 Å². The lowest BCUT2D eigenvalue weighted by atomic mass is 9.85. The van der Waals surface area contributed by atoms with Crippen LogP contribution in [0.3, 0.4) is 0 Å². The molecule has 0 saturated carbocycles. The topological polar surface area (TPSA) is 61.3 Å². The van der Waals surface area contributed by atoms with Crippen molar-refractivity contribution in [3.8, 4) is 5.75 Å². The Morgan fingerprint density at radius 1 is 0.714 bits per heavy atom. The van der Waals surface area contributed by atoms with Crippen molar-refractivity contribution in [1.29, 1.82) is 0 Å². The van der Waals surface area contributed by atoms with Crippen LogP contribution in [0.5, 0.6) is 5.75 Å². The number of unbranched alkanes of at least 4 members (excludes halogenated alkanes) is 3. The van der Waals surface area contributed by atoms with Crippen LogP contribution in [-0.4, -0.2) is 6.61 Å². The van der Waals surface area contributed by atoms with Crippen molar-refractivity contribution >= 4 is 11.4 Å². The summed E-state index contributed by atoms with van der Waals surface area (Å²) < 4.78 is 6.01. The number of hydrogen-bond acceptors (Lipinski definition) is 3. The first-order valence-corrected chi connectivity index (χ1v) is 10.1. The van der Waals surface area contributed by atoms with E-state index < -0.39 is 0 Å². The molecule has 0 amide bonds. The third kappa shape index (κ3) is 5.29. The van der Waals surface area contributed by atoms with Crippen molar-refractivity contribution < 1.29 is 4.74 Å². The molecule has 0 radical (unpaired) electrons. The molecule has 3 aromatic carbocycles. The quantitative estimate of drug-likeness (QED) is 0.275. The normalized spacial score (nSPS) is 10.9. The van der Waals surface area contributed by atoms with Gasteiger partial charge in [0.1, 0.15) is 5.75 Å². The minimum atomic E-state index is 0.102. The molecule has 0 fully saturated rings. The summed E-state index contributed by atoms with van der Waals surface area (Å²) in [5.74, 6) is 1.02. The molecule has 3 rings (SSSR count). The summed E-state index contributed by atoms with van der Waals surface area (Å²) in [6.07, 6.45) is 4.81. The smallest absolute Gasteiger partial charge is 0.119 e. The van der Waals surface area contributed by atoms with Gasteiger partial charge in [-0.25, -0.2) is 0 Å². The van der Waals surface area contributed by atoms with Gasteiger partial charge in [0, 0.05) is 17.3 Å². The van der Waals surface area contributed by atoms with E-state index in [0.29, 0.717) is 0 Å². The van der Waals surface area contributed by atoms with Gasteiger partial charge in [-0.1, -0.05) is 62.6 Å². The Morgan fingerprint density at radius 3 is 1.89 bits per heavy atom. The molecule has 0 aromatic heterocycles. The highest BCUT2D eigenvalue weighted by molar-refractivity contribution is 5.51. The highest BCUT2D eigenvalue weighted by Crippen LogP contribution is 2.34. The molecule has 146 valence electrons. The Bertz CT molecular complexity index is 811. The lowest BCUT2D eigenvalue weighted by molar-refractivity contribution is 0.305. The Hall–Kier alpha value is -2.94. The molecule has 0 spiro atoms. The van der Waals surface area contributed by atoms with Gasteiger partial charge in [0.05, 0.1) is 6.61 Å². The van der Waals surface area contributed by atoms with Gasteiger partial charge in [0.2, 0.25) is 0 Å². The van der Waals surface area contributed by atoms with Crippen LogP contribution >= 0.6 is 0 Å². The third-order valence-corrected chi connectivity index (χ3v) is 5.00. The van der Waals surface area contributed by atoms with Gasteiger partial charge in [-0.2, -0.15) is 0 Å². The van der Waals surface area contributed by atoms with E-state index in [-0.39, 0.29) is 5.92 Å². The first kappa shape index (κ1) is 19.8. The second-order valence-electron chi connectivity index (χ2n) is 7.25. The van der Waals surface area contributed by atoms with Crippen LogP contribution in [0.1, 0.15) is 55.2 Å². The number of nitrogen functional groups attached to an aromatic ring is 2. The fraction of sp³-hybridized carbons (Fsp3) is 0.280. The van der Waals surface area contributed by atoms with Crippen LogP contribution in [0.15, 0.2) is 72.8 Å². The Balaban J connectivity index is 1.86. The van der Waals surface area contributed by atoms with E-state index in [2.05, 4.69) is 49.4 Å². The van der Waals surface area contributed by atoms with Gasteiger partial charge in [-0.05, 0) is 59.5 Å². The molecular weight excluding hydrogens is 344 g/mol. The van der Waals surface area contributed by atoms with Gasteiger partial charge < -0.3 is 16.2 Å². The zero-order valence-electron chi connectivity index (χ0n) is 16.6. The van der Waals surface area contributed by atoms with Gasteiger partial charge in [0.15, 0.2) is 0 Å². The van der Waals surface area contributed by atoms with E-state index >= 15 is 0 Å². The molecule has 0 bridgehead atoms. The number of anilines is 2. The summed E-state index contributed by atoms with van der Waals surface area (Å²) in [7, 11) is 0. The molecular formula is C25H30N2O. The van der Waals surface area contributed by atoms with Crippen LogP contribution in [0, 0.1) is 0 Å². The minimum absolute atomic E-state index is 0.102. The van der Waals surface area contributed by atoms with Gasteiger partial charge in [-0.3, -0.25) is 0 Å². The lowest BCUT2D eigenvalue weighted by Gasteiger charge is -2.20. The summed E-state index contributed by atoms with van der Waals surface area (Å²) in [5, 5.41) is 0. The molecule has 0 heterocycles. The summed E-state index contributed by atoms with van der Waals surface area (Å²) in [6.45, 7) is 2.98. The molecule has 4 N–H and O–H groups in total. The second kappa shape index (κ2) is 9.84. The maximum atomic E-state index is 6.01. The highest BCUT2D eigenvalue weighted by Gasteiger charge is 2.17. The van der Waals surface area contributed by atoms with Crippen LogP contribution in [0.2, 0.25) is 0 Å². The minimum Gasteiger partial charge on any atom is -0.494 e. The van der Waals surface area contributed by atoms with Crippen LogP contribution in [0.4, 0.5) is 11.4 Å².